The van der Waals surface area contributed by atoms with Gasteiger partial charge in [-0.25, -0.2) is 0 Å². The van der Waals surface area contributed by atoms with Gasteiger partial charge in [0.05, 0.1) is 23.7 Å². The van der Waals surface area contributed by atoms with E-state index in [-0.39, 0.29) is 11.2 Å². The molecule has 0 aromatic rings. The molecule has 0 heterocycles. The number of allylic oxidation sites excluding steroid dienone is 4. The molecule has 0 aromatic carbocycles. The van der Waals surface area contributed by atoms with Gasteiger partial charge in [-0.1, -0.05) is 50.3 Å². The molecule has 0 saturated heterocycles. The van der Waals surface area contributed by atoms with Crippen LogP contribution in [0, 0.1) is 28.6 Å². The summed E-state index contributed by atoms with van der Waals surface area (Å²) < 4.78 is 0. The van der Waals surface area contributed by atoms with Gasteiger partial charge in [0.25, 0.3) is 0 Å². The largest absolute Gasteiger partial charge is 0.393 e. The van der Waals surface area contributed by atoms with Gasteiger partial charge in [-0.05, 0) is 92.6 Å². The zero-order chi connectivity index (χ0) is 24.0. The van der Waals surface area contributed by atoms with Crippen LogP contribution >= 0.6 is 0 Å². The summed E-state index contributed by atoms with van der Waals surface area (Å²) in [6.07, 6.45) is 15.0. The highest BCUT2D eigenvalue weighted by Gasteiger charge is 2.53. The van der Waals surface area contributed by atoms with E-state index in [1.165, 1.54) is 31.3 Å². The van der Waals surface area contributed by atoms with Crippen LogP contribution in [0.15, 0.2) is 47.6 Å². The highest BCUT2D eigenvalue weighted by molar-refractivity contribution is 5.86. The predicted octanol–water partition coefficient (Wildman–Crippen LogP) is 5.05. The number of fused-ring (bicyclic) bond motifs is 1. The smallest absolute Gasteiger partial charge is 0.138 e. The van der Waals surface area contributed by atoms with E-state index in [0.717, 1.165) is 30.4 Å². The Labute approximate surface area is 199 Å². The number of carbonyl (C=O) groups excluding carboxylic acids is 1. The van der Waals surface area contributed by atoms with Crippen LogP contribution in [0.25, 0.3) is 0 Å². The predicted molar refractivity (Wildman–Crippen MR) is 131 cm³/mol. The van der Waals surface area contributed by atoms with Crippen molar-refractivity contribution in [3.63, 3.8) is 0 Å². The van der Waals surface area contributed by atoms with Crippen molar-refractivity contribution in [1.82, 2.24) is 0 Å². The summed E-state index contributed by atoms with van der Waals surface area (Å²) in [5.74, 6) is 1.58. The second kappa shape index (κ2) is 9.28. The number of ketones is 1. The molecule has 3 N–H and O–H groups in total. The summed E-state index contributed by atoms with van der Waals surface area (Å²) in [4.78, 5) is 11.9. The van der Waals surface area contributed by atoms with Crippen LogP contribution in [0.4, 0.5) is 0 Å². The van der Waals surface area contributed by atoms with Crippen molar-refractivity contribution >= 4 is 5.78 Å². The molecule has 4 aliphatic carbocycles. The van der Waals surface area contributed by atoms with Crippen molar-refractivity contribution in [3.8, 4) is 0 Å². The van der Waals surface area contributed by atoms with E-state index in [1.807, 2.05) is 6.08 Å². The van der Waals surface area contributed by atoms with Gasteiger partial charge >= 0.3 is 0 Å². The summed E-state index contributed by atoms with van der Waals surface area (Å²) in [5, 5.41) is 30.8. The zero-order valence-corrected chi connectivity index (χ0v) is 20.6. The van der Waals surface area contributed by atoms with Crippen molar-refractivity contribution in [2.24, 2.45) is 28.6 Å². The number of aliphatic hydroxyl groups excluding tert-OH is 3. The molecule has 4 heteroatoms. The maximum atomic E-state index is 11.9. The highest BCUT2D eigenvalue weighted by Crippen LogP contribution is 2.59. The van der Waals surface area contributed by atoms with Crippen molar-refractivity contribution in [2.75, 3.05) is 0 Å². The Bertz CT molecular complexity index is 876. The van der Waals surface area contributed by atoms with Crippen LogP contribution in [-0.2, 0) is 4.79 Å². The first-order valence-electron chi connectivity index (χ1n) is 12.9. The van der Waals surface area contributed by atoms with E-state index in [1.54, 1.807) is 6.92 Å². The van der Waals surface area contributed by atoms with Crippen LogP contribution in [-0.4, -0.2) is 39.4 Å². The molecule has 4 fully saturated rings. The van der Waals surface area contributed by atoms with Crippen LogP contribution in [0.1, 0.15) is 78.6 Å². The van der Waals surface area contributed by atoms with Crippen molar-refractivity contribution in [1.29, 1.82) is 0 Å². The van der Waals surface area contributed by atoms with Gasteiger partial charge < -0.3 is 15.3 Å². The summed E-state index contributed by atoms with van der Waals surface area (Å²) in [6, 6.07) is 0. The third-order valence-corrected chi connectivity index (χ3v) is 9.59. The fraction of sp³-hybridized carbons (Fsp3) is 0.690. The van der Waals surface area contributed by atoms with Gasteiger partial charge in [-0.3, -0.25) is 4.79 Å². The second-order valence-corrected chi connectivity index (χ2v) is 11.6. The average molecular weight is 455 g/mol. The normalized spacial score (nSPS) is 40.2. The summed E-state index contributed by atoms with van der Waals surface area (Å²) in [7, 11) is 0. The molecule has 0 spiro atoms. The lowest BCUT2D eigenvalue weighted by Crippen LogP contribution is -2.35. The van der Waals surface area contributed by atoms with Gasteiger partial charge in [0.1, 0.15) is 5.78 Å². The topological polar surface area (TPSA) is 77.8 Å². The van der Waals surface area contributed by atoms with Crippen LogP contribution in [0.3, 0.4) is 0 Å². The Morgan fingerprint density at radius 3 is 2.55 bits per heavy atom. The third kappa shape index (κ3) is 4.59. The molecule has 0 unspecified atom stereocenters. The number of carbonyl (C=O) groups is 1. The molecule has 4 rings (SSSR count). The minimum Gasteiger partial charge on any atom is -0.393 e. The second-order valence-electron chi connectivity index (χ2n) is 11.6. The Kier molecular flexibility index (Phi) is 6.93. The first kappa shape index (κ1) is 24.6. The van der Waals surface area contributed by atoms with E-state index >= 15 is 0 Å². The quantitative estimate of drug-likeness (QED) is 0.491. The maximum absolute atomic E-state index is 11.9. The number of Topliss-reactive ketones (excluding diaryl/α,β-unsaturated/α-hetero) is 1. The Morgan fingerprint density at radius 1 is 1.15 bits per heavy atom. The molecule has 33 heavy (non-hydrogen) atoms. The lowest BCUT2D eigenvalue weighted by molar-refractivity contribution is -0.124. The summed E-state index contributed by atoms with van der Waals surface area (Å²) in [6.45, 7) is 10.4. The Morgan fingerprint density at radius 2 is 1.88 bits per heavy atom. The molecular weight excluding hydrogens is 412 g/mol. The van der Waals surface area contributed by atoms with E-state index in [9.17, 15) is 20.1 Å². The van der Waals surface area contributed by atoms with Crippen LogP contribution in [0.5, 0.6) is 0 Å². The van der Waals surface area contributed by atoms with E-state index in [2.05, 4.69) is 38.7 Å². The molecule has 182 valence electrons. The molecule has 0 aliphatic heterocycles. The SMILES string of the molecule is C=C1/C(=C\C=C2/CCC[C@]3(C)[C@@H]([C@H](C)/C=C/[C@H](O)C4(C(C)=O)CC4)CC[C@@H]23)C[C@@H](O)C[C@@H]1O. The lowest BCUT2D eigenvalue weighted by atomic mass is 9.61. The summed E-state index contributed by atoms with van der Waals surface area (Å²) >= 11 is 0. The minimum absolute atomic E-state index is 0.108. The molecule has 4 aliphatic rings. The number of hydrogen-bond acceptors (Lipinski definition) is 4. The number of rotatable bonds is 6. The molecule has 0 amide bonds. The van der Waals surface area contributed by atoms with E-state index < -0.39 is 23.7 Å². The third-order valence-electron chi connectivity index (χ3n) is 9.59. The van der Waals surface area contributed by atoms with Crippen molar-refractivity contribution in [3.05, 3.63) is 47.6 Å². The Balaban J connectivity index is 1.48. The summed E-state index contributed by atoms with van der Waals surface area (Å²) in [5.41, 5.74) is 2.93. The van der Waals surface area contributed by atoms with Crippen LogP contribution in [0.2, 0.25) is 0 Å². The average Bonchev–Trinajstić information content (AvgIpc) is 3.50. The van der Waals surface area contributed by atoms with Gasteiger partial charge in [0.2, 0.25) is 0 Å². The van der Waals surface area contributed by atoms with E-state index in [0.29, 0.717) is 30.6 Å². The first-order valence-corrected chi connectivity index (χ1v) is 12.9. The van der Waals surface area contributed by atoms with Gasteiger partial charge in [-0.15, -0.1) is 0 Å². The molecule has 4 nitrogen and oxygen atoms in total. The fourth-order valence-corrected chi connectivity index (χ4v) is 7.20. The van der Waals surface area contributed by atoms with E-state index in [4.69, 9.17) is 0 Å². The standard InChI is InChI=1S/C29H42O4/c1-18(7-12-27(33)29(14-15-29)20(3)30)24-10-11-25-21(6-5-13-28(24,25)4)8-9-22-16-23(31)17-26(32)19(22)2/h7-9,12,18,23-27,31-33H,2,5-6,10-11,13-17H2,1,3-4H3/b12-7+,21-8+,22-9-/t18-,23-,24-,25+,26+,27+,28-/m1/s1. The monoisotopic (exact) mass is 454 g/mol. The maximum Gasteiger partial charge on any atom is 0.138 e. The molecular formula is C29H42O4. The zero-order valence-electron chi connectivity index (χ0n) is 20.6. The fourth-order valence-electron chi connectivity index (χ4n) is 7.20. The molecule has 7 atom stereocenters. The minimum atomic E-state index is -0.662. The van der Waals surface area contributed by atoms with Gasteiger partial charge in [0.15, 0.2) is 0 Å². The molecule has 4 saturated carbocycles. The first-order chi connectivity index (χ1) is 15.6. The van der Waals surface area contributed by atoms with Gasteiger partial charge in [0, 0.05) is 6.42 Å². The van der Waals surface area contributed by atoms with Gasteiger partial charge in [-0.2, -0.15) is 0 Å². The lowest BCUT2D eigenvalue weighted by Gasteiger charge is -2.44. The van der Waals surface area contributed by atoms with Crippen LogP contribution < -0.4 is 0 Å². The van der Waals surface area contributed by atoms with Crippen molar-refractivity contribution < 1.29 is 20.1 Å². The highest BCUT2D eigenvalue weighted by atomic mass is 16.3. The molecule has 0 bridgehead atoms. The van der Waals surface area contributed by atoms with Crippen molar-refractivity contribution in [2.45, 2.75) is 96.9 Å². The molecule has 0 radical (unpaired) electrons. The number of hydrogen-bond donors (Lipinski definition) is 3. The number of aliphatic hydroxyl groups is 3. The molecule has 0 aromatic heterocycles. The Hall–Kier alpha value is -1.49.